The van der Waals surface area contributed by atoms with Gasteiger partial charge in [-0.05, 0) is 29.1 Å². The van der Waals surface area contributed by atoms with E-state index in [2.05, 4.69) is 26.6 Å². The number of nitrogens with zero attached hydrogens (tertiary/aromatic N) is 1. The fourth-order valence-electron chi connectivity index (χ4n) is 4.75. The first-order valence-electron chi connectivity index (χ1n) is 14.4. The molecule has 4 N–H and O–H groups in total. The first-order chi connectivity index (χ1) is 23.1. The predicted octanol–water partition coefficient (Wildman–Crippen LogP) is 2.30. The summed E-state index contributed by atoms with van der Waals surface area (Å²) in [7, 11) is -4.04. The number of aryl methyl sites for hydroxylation is 1. The number of carboxylic acid groups (broad SMARTS) is 1. The molecule has 0 spiro atoms. The lowest BCUT2D eigenvalue weighted by atomic mass is 10.1. The summed E-state index contributed by atoms with van der Waals surface area (Å²) in [5.41, 5.74) is 5.30. The molecule has 49 heavy (non-hydrogen) atoms. The van der Waals surface area contributed by atoms with E-state index in [1.807, 2.05) is 49.4 Å². The highest BCUT2D eigenvalue weighted by atomic mass is 79.9. The second-order valence-electron chi connectivity index (χ2n) is 10.7. The summed E-state index contributed by atoms with van der Waals surface area (Å²) in [6, 6.07) is 14.1. The topological polar surface area (TPSA) is 203 Å². The maximum atomic E-state index is 13.4. The largest absolute Gasteiger partial charge is 0.542 e. The Bertz CT molecular complexity index is 1850. The highest BCUT2D eigenvalue weighted by molar-refractivity contribution is 9.11. The summed E-state index contributed by atoms with van der Waals surface area (Å²) in [6.07, 6.45) is -4.75. The first-order valence-corrected chi connectivity index (χ1v) is 16.8. The van der Waals surface area contributed by atoms with Gasteiger partial charge >= 0.3 is 25.7 Å². The number of carboxylic acids is 1. The molecule has 5 atom stereocenters. The van der Waals surface area contributed by atoms with Crippen LogP contribution in [-0.2, 0) is 45.7 Å². The number of carbonyl (C=O) groups excluding carboxylic acids is 2. The summed E-state index contributed by atoms with van der Waals surface area (Å²) in [6.45, 7) is 1.51. The normalized spacial score (nSPS) is 22.4. The van der Waals surface area contributed by atoms with E-state index in [4.69, 9.17) is 32.9 Å². The molecule has 14 nitrogen and oxygen atoms in total. The van der Waals surface area contributed by atoms with Crippen molar-refractivity contribution in [3.8, 4) is 5.75 Å². The number of hydrogen-bond donors (Lipinski definition) is 2. The third-order valence-electron chi connectivity index (χ3n) is 7.16. The van der Waals surface area contributed by atoms with Crippen LogP contribution in [-0.4, -0.2) is 52.5 Å². The molecular weight excluding hydrogens is 746 g/mol. The van der Waals surface area contributed by atoms with Crippen molar-refractivity contribution in [1.29, 1.82) is 0 Å². The maximum absolute atomic E-state index is 13.4. The van der Waals surface area contributed by atoms with Gasteiger partial charge in [0.15, 0.2) is 6.04 Å². The Morgan fingerprint density at radius 1 is 1.20 bits per heavy atom. The minimum Gasteiger partial charge on any atom is -0.542 e. The van der Waals surface area contributed by atoms with Crippen LogP contribution in [0, 0.1) is 6.92 Å². The predicted molar refractivity (Wildman–Crippen MR) is 166 cm³/mol. The average Bonchev–Trinajstić information content (AvgIpc) is 3.44. The van der Waals surface area contributed by atoms with Crippen LogP contribution < -0.4 is 26.6 Å². The molecule has 0 amide bonds. The zero-order chi connectivity index (χ0) is 35.9. The Morgan fingerprint density at radius 2 is 1.90 bits per heavy atom. The van der Waals surface area contributed by atoms with E-state index in [0.717, 1.165) is 16.7 Å². The minimum atomic E-state index is -5.19. The van der Waals surface area contributed by atoms with Gasteiger partial charge in [-0.2, -0.15) is 13.2 Å². The van der Waals surface area contributed by atoms with Gasteiger partial charge < -0.3 is 29.6 Å². The SMILES string of the molecule is Cc1cccc2c1OP(=O)(OC[C@H]1O[C@@H](n3cc(/C=C/Br)c(=O)[nH]c3=O)C[C@@H]1OC(=O)[C@H]([NH3+])Cc1ccccc1)OC2.O=C([O-])C(F)(F)F. The van der Waals surface area contributed by atoms with E-state index in [9.17, 15) is 32.1 Å². The molecule has 264 valence electrons. The van der Waals surface area contributed by atoms with Gasteiger partial charge in [0.2, 0.25) is 0 Å². The average molecular weight is 776 g/mol. The molecule has 5 rings (SSSR count). The Labute approximate surface area is 284 Å². The highest BCUT2D eigenvalue weighted by Gasteiger charge is 2.44. The summed E-state index contributed by atoms with van der Waals surface area (Å²) < 4.78 is 74.8. The molecule has 0 saturated carbocycles. The lowest BCUT2D eigenvalue weighted by Gasteiger charge is -2.27. The first kappa shape index (κ1) is 37.8. The number of phosphoric ester groups is 1. The molecule has 3 heterocycles. The molecule has 1 aromatic heterocycles. The van der Waals surface area contributed by atoms with Gasteiger partial charge in [0.05, 0.1) is 18.8 Å². The van der Waals surface area contributed by atoms with Crippen LogP contribution in [0.4, 0.5) is 13.2 Å². The fraction of sp³-hybridized carbons (Fsp3) is 0.333. The number of quaternary nitrogens is 1. The Hall–Kier alpha value is -4.06. The zero-order valence-electron chi connectivity index (χ0n) is 25.6. The number of carbonyl (C=O) groups is 2. The van der Waals surface area contributed by atoms with Gasteiger partial charge in [-0.3, -0.25) is 23.4 Å². The number of rotatable bonds is 9. The van der Waals surface area contributed by atoms with Crippen molar-refractivity contribution in [3.05, 3.63) is 103 Å². The van der Waals surface area contributed by atoms with E-state index in [1.54, 1.807) is 6.07 Å². The van der Waals surface area contributed by atoms with Crippen LogP contribution in [0.3, 0.4) is 0 Å². The molecule has 1 unspecified atom stereocenters. The number of benzene rings is 2. The molecule has 0 aliphatic carbocycles. The molecular formula is C30H30BrF3N3O11P. The fourth-order valence-corrected chi connectivity index (χ4v) is 6.32. The van der Waals surface area contributed by atoms with Gasteiger partial charge in [-0.15, -0.1) is 0 Å². The molecule has 2 aliphatic rings. The van der Waals surface area contributed by atoms with Crippen molar-refractivity contribution in [2.24, 2.45) is 0 Å². The number of fused-ring (bicyclic) bond motifs is 1. The summed E-state index contributed by atoms with van der Waals surface area (Å²) >= 11 is 3.13. The second kappa shape index (κ2) is 16.1. The van der Waals surface area contributed by atoms with Crippen LogP contribution in [0.1, 0.15) is 34.9 Å². The number of phosphoric acid groups is 1. The van der Waals surface area contributed by atoms with E-state index in [-0.39, 0.29) is 25.2 Å². The second-order valence-corrected chi connectivity index (χ2v) is 12.8. The van der Waals surface area contributed by atoms with E-state index < -0.39 is 61.7 Å². The molecule has 1 saturated heterocycles. The molecule has 2 aliphatic heterocycles. The van der Waals surface area contributed by atoms with Crippen LogP contribution in [0.25, 0.3) is 6.08 Å². The summed E-state index contributed by atoms with van der Waals surface area (Å²) in [4.78, 5) is 50.5. The van der Waals surface area contributed by atoms with Crippen molar-refractivity contribution in [2.75, 3.05) is 6.61 Å². The smallest absolute Gasteiger partial charge is 0.530 e. The van der Waals surface area contributed by atoms with Crippen LogP contribution >= 0.6 is 23.8 Å². The van der Waals surface area contributed by atoms with Crippen molar-refractivity contribution in [1.82, 2.24) is 9.55 Å². The number of aromatic nitrogens is 2. The monoisotopic (exact) mass is 775 g/mol. The molecule has 19 heteroatoms. The van der Waals surface area contributed by atoms with E-state index >= 15 is 0 Å². The summed E-state index contributed by atoms with van der Waals surface area (Å²) in [5, 5.41) is 8.78. The van der Waals surface area contributed by atoms with Gasteiger partial charge in [0, 0.05) is 24.6 Å². The summed E-state index contributed by atoms with van der Waals surface area (Å²) in [5.74, 6) is -3.16. The van der Waals surface area contributed by atoms with Crippen molar-refractivity contribution in [3.63, 3.8) is 0 Å². The molecule has 0 radical (unpaired) electrons. The number of para-hydroxylation sites is 1. The lowest BCUT2D eigenvalue weighted by molar-refractivity contribution is -0.408. The number of aliphatic carboxylic acids is 1. The van der Waals surface area contributed by atoms with Gasteiger partial charge in [-0.25, -0.2) is 14.2 Å². The number of alkyl halides is 3. The Kier molecular flexibility index (Phi) is 12.4. The molecule has 3 aromatic rings. The highest BCUT2D eigenvalue weighted by Crippen LogP contribution is 2.55. The van der Waals surface area contributed by atoms with Gasteiger partial charge in [0.1, 0.15) is 30.2 Å². The third kappa shape index (κ3) is 9.99. The minimum absolute atomic E-state index is 0.0279. The van der Waals surface area contributed by atoms with Gasteiger partial charge in [-0.1, -0.05) is 64.5 Å². The van der Waals surface area contributed by atoms with Crippen LogP contribution in [0.5, 0.6) is 5.75 Å². The maximum Gasteiger partial charge on any atom is 0.530 e. The number of H-pyrrole nitrogens is 1. The Morgan fingerprint density at radius 3 is 2.55 bits per heavy atom. The number of esters is 1. The van der Waals surface area contributed by atoms with Crippen molar-refractivity contribution >= 4 is 41.8 Å². The third-order valence-corrected chi connectivity index (χ3v) is 8.74. The van der Waals surface area contributed by atoms with Crippen molar-refractivity contribution < 1.29 is 61.2 Å². The number of nitrogens with one attached hydrogen (secondary N) is 1. The zero-order valence-corrected chi connectivity index (χ0v) is 28.1. The Balaban J connectivity index is 0.000000698. The standard InChI is InChI=1S/C28H29BrN3O9P.C2HF3O2/c1-17-6-5-9-20-15-37-42(36,41-25(17)20)38-16-23-22(40-27(34)21(30)12-18-7-3-2-4-8-18)13-24(39-23)32-14-19(10-11-29)26(33)31-28(32)35;3-2(4,5)1(6)7/h2-11,14,21-24H,12-13,15-16,30H2,1H3,(H,31,33,35);(H,6,7)/b11-10+;/t21-,22+,23-,24-,42?;/m1./s1. The lowest BCUT2D eigenvalue weighted by Crippen LogP contribution is -2.66. The van der Waals surface area contributed by atoms with Gasteiger partial charge in [0.25, 0.3) is 5.56 Å². The molecule has 0 bridgehead atoms. The molecule has 1 fully saturated rings. The van der Waals surface area contributed by atoms with Crippen LogP contribution in [0.2, 0.25) is 0 Å². The number of hydrogen-bond acceptors (Lipinski definition) is 11. The molecule has 2 aromatic carbocycles. The number of halogens is 4. The van der Waals surface area contributed by atoms with E-state index in [0.29, 0.717) is 12.2 Å². The van der Waals surface area contributed by atoms with Crippen molar-refractivity contribution in [2.45, 2.75) is 57.0 Å². The van der Waals surface area contributed by atoms with Crippen LogP contribution in [0.15, 0.2) is 69.3 Å². The quantitative estimate of drug-likeness (QED) is 0.239. The number of ether oxygens (including phenoxy) is 2. The van der Waals surface area contributed by atoms with E-state index in [1.165, 1.54) is 21.8 Å². The number of aromatic amines is 1.